The summed E-state index contributed by atoms with van der Waals surface area (Å²) >= 11 is 9.75. The Labute approximate surface area is 131 Å². The van der Waals surface area contributed by atoms with E-state index in [9.17, 15) is 0 Å². The van der Waals surface area contributed by atoms with Crippen LogP contribution in [-0.2, 0) is 6.54 Å². The van der Waals surface area contributed by atoms with E-state index in [1.807, 2.05) is 24.3 Å². The van der Waals surface area contributed by atoms with Crippen molar-refractivity contribution in [2.45, 2.75) is 6.54 Å². The highest BCUT2D eigenvalue weighted by atomic mass is 79.9. The van der Waals surface area contributed by atoms with E-state index in [1.54, 1.807) is 0 Å². The molecule has 2 nitrogen and oxygen atoms in total. The second-order valence-corrected chi connectivity index (χ2v) is 5.95. The van der Waals surface area contributed by atoms with Crippen LogP contribution in [0.5, 0.6) is 0 Å². The Morgan fingerprint density at radius 1 is 1.10 bits per heavy atom. The first-order valence-electron chi connectivity index (χ1n) is 6.47. The van der Waals surface area contributed by atoms with E-state index < -0.39 is 0 Å². The maximum absolute atomic E-state index is 6.27. The molecule has 0 aliphatic rings. The molecule has 0 radical (unpaired) electrons. The number of nitrogens with zero attached hydrogens (tertiary/aromatic N) is 1. The zero-order valence-corrected chi connectivity index (χ0v) is 13.2. The molecule has 1 heterocycles. The van der Waals surface area contributed by atoms with Gasteiger partial charge in [0.1, 0.15) is 0 Å². The van der Waals surface area contributed by atoms with Crippen LogP contribution in [0.3, 0.4) is 0 Å². The van der Waals surface area contributed by atoms with Crippen molar-refractivity contribution in [1.29, 1.82) is 0 Å². The lowest BCUT2D eigenvalue weighted by molar-refractivity contribution is 0.757. The molecule has 102 valence electrons. The highest BCUT2D eigenvalue weighted by molar-refractivity contribution is 9.10. The summed E-state index contributed by atoms with van der Waals surface area (Å²) in [5.74, 6) is 0. The molecule has 0 bridgehead atoms. The Kier molecular flexibility index (Phi) is 3.99. The lowest BCUT2D eigenvalue weighted by Crippen LogP contribution is -2.09. The summed E-state index contributed by atoms with van der Waals surface area (Å²) in [4.78, 5) is 0. The number of nitrogens with one attached hydrogen (secondary N) is 1. The van der Waals surface area contributed by atoms with Crippen molar-refractivity contribution in [2.24, 2.45) is 0 Å². The molecule has 0 aliphatic carbocycles. The molecule has 3 aromatic rings. The standard InChI is InChI=1S/C16H14BrClN2/c17-13-4-2-5-14(11-13)19-8-10-20-9-7-12-3-1-6-15(18)16(12)20/h1-7,9,11,19H,8,10H2. The molecule has 0 fully saturated rings. The van der Waals surface area contributed by atoms with Crippen LogP contribution in [0.25, 0.3) is 10.9 Å². The Morgan fingerprint density at radius 2 is 1.95 bits per heavy atom. The molecule has 20 heavy (non-hydrogen) atoms. The predicted octanol–water partition coefficient (Wildman–Crippen LogP) is 5.17. The number of hydrogen-bond acceptors (Lipinski definition) is 1. The second kappa shape index (κ2) is 5.90. The quantitative estimate of drug-likeness (QED) is 0.687. The number of para-hydroxylation sites is 1. The van der Waals surface area contributed by atoms with Crippen LogP contribution in [0.2, 0.25) is 5.02 Å². The summed E-state index contributed by atoms with van der Waals surface area (Å²) in [6.45, 7) is 1.73. The molecule has 4 heteroatoms. The first-order chi connectivity index (χ1) is 9.74. The van der Waals surface area contributed by atoms with E-state index in [1.165, 1.54) is 5.39 Å². The highest BCUT2D eigenvalue weighted by Gasteiger charge is 2.04. The topological polar surface area (TPSA) is 17.0 Å². The SMILES string of the molecule is Clc1cccc2ccn(CCNc3cccc(Br)c3)c12. The van der Waals surface area contributed by atoms with Gasteiger partial charge >= 0.3 is 0 Å². The van der Waals surface area contributed by atoms with E-state index in [-0.39, 0.29) is 0 Å². The van der Waals surface area contributed by atoms with Crippen LogP contribution in [0.15, 0.2) is 59.2 Å². The average Bonchev–Trinajstić information content (AvgIpc) is 2.84. The number of aromatic nitrogens is 1. The predicted molar refractivity (Wildman–Crippen MR) is 89.6 cm³/mol. The number of hydrogen-bond donors (Lipinski definition) is 1. The van der Waals surface area contributed by atoms with Crippen LogP contribution in [0, 0.1) is 0 Å². The van der Waals surface area contributed by atoms with Crippen molar-refractivity contribution in [3.63, 3.8) is 0 Å². The maximum Gasteiger partial charge on any atom is 0.0670 e. The minimum atomic E-state index is 0.801. The Morgan fingerprint density at radius 3 is 2.80 bits per heavy atom. The van der Waals surface area contributed by atoms with Gasteiger partial charge in [0.25, 0.3) is 0 Å². The Hall–Kier alpha value is -1.45. The van der Waals surface area contributed by atoms with Crippen molar-refractivity contribution in [1.82, 2.24) is 4.57 Å². The molecule has 0 saturated carbocycles. The van der Waals surface area contributed by atoms with E-state index in [0.717, 1.165) is 33.8 Å². The molecule has 0 unspecified atom stereocenters. The molecule has 3 rings (SSSR count). The largest absolute Gasteiger partial charge is 0.383 e. The fourth-order valence-corrected chi connectivity index (χ4v) is 3.01. The fourth-order valence-electron chi connectivity index (χ4n) is 2.32. The summed E-state index contributed by atoms with van der Waals surface area (Å²) in [6, 6.07) is 16.3. The molecule has 1 N–H and O–H groups in total. The van der Waals surface area contributed by atoms with E-state index in [0.29, 0.717) is 0 Å². The summed E-state index contributed by atoms with van der Waals surface area (Å²) in [6.07, 6.45) is 2.08. The fraction of sp³-hybridized carbons (Fsp3) is 0.125. The van der Waals surface area contributed by atoms with Crippen LogP contribution in [0.4, 0.5) is 5.69 Å². The van der Waals surface area contributed by atoms with Gasteiger partial charge in [-0.2, -0.15) is 0 Å². The van der Waals surface area contributed by atoms with Crippen LogP contribution < -0.4 is 5.32 Å². The lowest BCUT2D eigenvalue weighted by atomic mass is 10.2. The molecule has 1 aromatic heterocycles. The molecular formula is C16H14BrClN2. The third-order valence-corrected chi connectivity index (χ3v) is 4.04. The normalized spacial score (nSPS) is 10.9. The average molecular weight is 350 g/mol. The number of fused-ring (bicyclic) bond motifs is 1. The zero-order valence-electron chi connectivity index (χ0n) is 10.8. The van der Waals surface area contributed by atoms with Gasteiger partial charge in [-0.05, 0) is 30.3 Å². The van der Waals surface area contributed by atoms with Gasteiger partial charge in [0.15, 0.2) is 0 Å². The van der Waals surface area contributed by atoms with Crippen molar-refractivity contribution in [2.75, 3.05) is 11.9 Å². The molecule has 2 aromatic carbocycles. The Balaban J connectivity index is 1.71. The minimum absolute atomic E-state index is 0.801. The molecule has 0 atom stereocenters. The molecule has 0 spiro atoms. The number of halogens is 2. The van der Waals surface area contributed by atoms with Crippen molar-refractivity contribution in [3.8, 4) is 0 Å². The third kappa shape index (κ3) is 2.84. The molecule has 0 amide bonds. The maximum atomic E-state index is 6.27. The summed E-state index contributed by atoms with van der Waals surface area (Å²) in [7, 11) is 0. The molecule has 0 saturated heterocycles. The first-order valence-corrected chi connectivity index (χ1v) is 7.64. The van der Waals surface area contributed by atoms with Crippen LogP contribution in [-0.4, -0.2) is 11.1 Å². The first kappa shape index (κ1) is 13.5. The van der Waals surface area contributed by atoms with Gasteiger partial charge in [0, 0.05) is 34.8 Å². The van der Waals surface area contributed by atoms with Gasteiger partial charge < -0.3 is 9.88 Å². The van der Waals surface area contributed by atoms with Gasteiger partial charge in [0.2, 0.25) is 0 Å². The minimum Gasteiger partial charge on any atom is -0.383 e. The van der Waals surface area contributed by atoms with Gasteiger partial charge in [-0.15, -0.1) is 0 Å². The van der Waals surface area contributed by atoms with E-state index in [2.05, 4.69) is 56.3 Å². The smallest absolute Gasteiger partial charge is 0.0670 e. The number of rotatable bonds is 4. The number of benzene rings is 2. The summed E-state index contributed by atoms with van der Waals surface area (Å²) in [5, 5.41) is 5.40. The van der Waals surface area contributed by atoms with Gasteiger partial charge in [0.05, 0.1) is 10.5 Å². The lowest BCUT2D eigenvalue weighted by Gasteiger charge is -2.09. The van der Waals surface area contributed by atoms with Crippen molar-refractivity contribution >= 4 is 44.1 Å². The van der Waals surface area contributed by atoms with E-state index in [4.69, 9.17) is 11.6 Å². The molecule has 0 aliphatic heterocycles. The van der Waals surface area contributed by atoms with E-state index >= 15 is 0 Å². The summed E-state index contributed by atoms with van der Waals surface area (Å²) in [5.41, 5.74) is 2.21. The van der Waals surface area contributed by atoms with Crippen LogP contribution >= 0.6 is 27.5 Å². The van der Waals surface area contributed by atoms with Crippen LogP contribution in [0.1, 0.15) is 0 Å². The monoisotopic (exact) mass is 348 g/mol. The zero-order chi connectivity index (χ0) is 13.9. The second-order valence-electron chi connectivity index (χ2n) is 4.62. The Bertz CT molecular complexity index is 736. The van der Waals surface area contributed by atoms with Gasteiger partial charge in [-0.1, -0.05) is 45.7 Å². The highest BCUT2D eigenvalue weighted by Crippen LogP contribution is 2.24. The third-order valence-electron chi connectivity index (χ3n) is 3.25. The molecular weight excluding hydrogens is 336 g/mol. The van der Waals surface area contributed by atoms with Crippen molar-refractivity contribution in [3.05, 3.63) is 64.2 Å². The number of anilines is 1. The van der Waals surface area contributed by atoms with Crippen molar-refractivity contribution < 1.29 is 0 Å². The van der Waals surface area contributed by atoms with Gasteiger partial charge in [-0.25, -0.2) is 0 Å². The summed E-state index contributed by atoms with van der Waals surface area (Å²) < 4.78 is 3.26. The van der Waals surface area contributed by atoms with Gasteiger partial charge in [-0.3, -0.25) is 0 Å².